The average molecular weight is 704 g/mol. The Kier molecular flexibility index (Phi) is 6.96. The van der Waals surface area contributed by atoms with E-state index in [9.17, 15) is 0 Å². The van der Waals surface area contributed by atoms with E-state index in [4.69, 9.17) is 9.97 Å². The second-order valence-electron chi connectivity index (χ2n) is 15.4. The molecule has 0 fully saturated rings. The molecular formula is C52H37N3. The van der Waals surface area contributed by atoms with Gasteiger partial charge in [0.25, 0.3) is 0 Å². The van der Waals surface area contributed by atoms with Gasteiger partial charge >= 0.3 is 0 Å². The second-order valence-corrected chi connectivity index (χ2v) is 15.4. The molecule has 11 rings (SSSR count). The van der Waals surface area contributed by atoms with Crippen molar-refractivity contribution < 1.29 is 0 Å². The number of para-hydroxylation sites is 1. The lowest BCUT2D eigenvalue weighted by Crippen LogP contribution is -2.17. The van der Waals surface area contributed by atoms with E-state index in [2.05, 4.69) is 195 Å². The van der Waals surface area contributed by atoms with E-state index in [1.54, 1.807) is 0 Å². The largest absolute Gasteiger partial charge is 0.279 e. The van der Waals surface area contributed by atoms with Crippen LogP contribution in [0.5, 0.6) is 0 Å². The Morgan fingerprint density at radius 1 is 0.455 bits per heavy atom. The zero-order valence-corrected chi connectivity index (χ0v) is 30.8. The van der Waals surface area contributed by atoms with E-state index in [-0.39, 0.29) is 5.41 Å². The Bertz CT molecular complexity index is 2980. The van der Waals surface area contributed by atoms with Crippen molar-refractivity contribution in [2.24, 2.45) is 0 Å². The van der Waals surface area contributed by atoms with Crippen LogP contribution in [0.25, 0.3) is 66.3 Å². The molecule has 1 aromatic heterocycles. The summed E-state index contributed by atoms with van der Waals surface area (Å²) in [5.41, 5.74) is 17.8. The van der Waals surface area contributed by atoms with E-state index in [1.165, 1.54) is 66.4 Å². The van der Waals surface area contributed by atoms with E-state index >= 15 is 0 Å². The van der Waals surface area contributed by atoms with Crippen LogP contribution in [0.3, 0.4) is 0 Å². The lowest BCUT2D eigenvalue weighted by Gasteiger charge is -2.27. The van der Waals surface area contributed by atoms with Gasteiger partial charge in [0.1, 0.15) is 0 Å². The van der Waals surface area contributed by atoms with Crippen LogP contribution < -0.4 is 4.90 Å². The number of anilines is 3. The van der Waals surface area contributed by atoms with Gasteiger partial charge in [-0.1, -0.05) is 147 Å². The maximum atomic E-state index is 5.51. The van der Waals surface area contributed by atoms with Gasteiger partial charge in [-0.15, -0.1) is 0 Å². The Labute approximate surface area is 321 Å². The van der Waals surface area contributed by atoms with Gasteiger partial charge in [-0.25, -0.2) is 9.97 Å². The molecule has 0 N–H and O–H groups in total. The van der Waals surface area contributed by atoms with Crippen LogP contribution in [-0.4, -0.2) is 9.97 Å². The number of rotatable bonds is 5. The Morgan fingerprint density at radius 2 is 1.09 bits per heavy atom. The standard InChI is InChI=1S/C52H37N3/c1-52(2)47-18-10-8-16-43(47)44-27-25-41(32-48(44)52)55(40-23-20-34(21-24-40)33-12-4-3-5-13-33)51-53-49-19-11-9-17-45(49)50(54-51)37-22-26-42-38(29-37)30-39-28-35-14-6-7-15-36(35)31-46(39)42/h3-29,31-32H,30H2,1-2H3. The fraction of sp³-hybridized carbons (Fsp3) is 0.0769. The number of hydrogen-bond acceptors (Lipinski definition) is 3. The van der Waals surface area contributed by atoms with Crippen LogP contribution in [0.15, 0.2) is 176 Å². The third-order valence-corrected chi connectivity index (χ3v) is 11.9. The van der Waals surface area contributed by atoms with Gasteiger partial charge in [-0.3, -0.25) is 4.90 Å². The van der Waals surface area contributed by atoms with E-state index < -0.39 is 0 Å². The van der Waals surface area contributed by atoms with Crippen molar-refractivity contribution in [3.05, 3.63) is 198 Å². The summed E-state index contributed by atoms with van der Waals surface area (Å²) < 4.78 is 0. The molecule has 0 saturated heterocycles. The topological polar surface area (TPSA) is 29.0 Å². The van der Waals surface area contributed by atoms with Gasteiger partial charge in [-0.2, -0.15) is 0 Å². The molecule has 0 amide bonds. The molecule has 0 atom stereocenters. The highest BCUT2D eigenvalue weighted by Gasteiger charge is 2.36. The summed E-state index contributed by atoms with van der Waals surface area (Å²) in [6, 6.07) is 63.7. The zero-order valence-electron chi connectivity index (χ0n) is 30.8. The van der Waals surface area contributed by atoms with Crippen LogP contribution in [0.2, 0.25) is 0 Å². The predicted octanol–water partition coefficient (Wildman–Crippen LogP) is 13.5. The van der Waals surface area contributed by atoms with Crippen LogP contribution in [0, 0.1) is 0 Å². The van der Waals surface area contributed by atoms with Crippen molar-refractivity contribution in [1.29, 1.82) is 0 Å². The fourth-order valence-electron chi connectivity index (χ4n) is 9.07. The van der Waals surface area contributed by atoms with Gasteiger partial charge in [0.05, 0.1) is 11.2 Å². The Hall–Kier alpha value is -6.84. The molecular weight excluding hydrogens is 667 g/mol. The number of hydrogen-bond donors (Lipinski definition) is 0. The van der Waals surface area contributed by atoms with Gasteiger partial charge in [0, 0.05) is 27.7 Å². The maximum absolute atomic E-state index is 5.51. The van der Waals surface area contributed by atoms with Crippen molar-refractivity contribution in [3.63, 3.8) is 0 Å². The molecule has 0 saturated carbocycles. The lowest BCUT2D eigenvalue weighted by molar-refractivity contribution is 0.660. The first kappa shape index (κ1) is 31.7. The average Bonchev–Trinajstić information content (AvgIpc) is 3.70. The number of aromatic nitrogens is 2. The summed E-state index contributed by atoms with van der Waals surface area (Å²) in [7, 11) is 0. The van der Waals surface area contributed by atoms with Crippen molar-refractivity contribution in [1.82, 2.24) is 9.97 Å². The van der Waals surface area contributed by atoms with Gasteiger partial charge in [0.2, 0.25) is 5.95 Å². The summed E-state index contributed by atoms with van der Waals surface area (Å²) in [5, 5.41) is 3.61. The maximum Gasteiger partial charge on any atom is 0.235 e. The highest BCUT2D eigenvalue weighted by Crippen LogP contribution is 2.51. The zero-order chi connectivity index (χ0) is 36.7. The second kappa shape index (κ2) is 12.1. The Balaban J connectivity index is 1.08. The van der Waals surface area contributed by atoms with E-state index in [0.29, 0.717) is 5.95 Å². The predicted molar refractivity (Wildman–Crippen MR) is 228 cm³/mol. The molecule has 2 aliphatic rings. The minimum absolute atomic E-state index is 0.145. The minimum atomic E-state index is -0.145. The van der Waals surface area contributed by atoms with Crippen molar-refractivity contribution in [2.75, 3.05) is 4.90 Å². The summed E-state index contributed by atoms with van der Waals surface area (Å²) in [6.45, 7) is 4.67. The molecule has 0 unspecified atom stereocenters. The van der Waals surface area contributed by atoms with Gasteiger partial charge < -0.3 is 0 Å². The van der Waals surface area contributed by atoms with Crippen molar-refractivity contribution in [3.8, 4) is 44.6 Å². The third kappa shape index (κ3) is 5.04. The van der Waals surface area contributed by atoms with Crippen molar-refractivity contribution in [2.45, 2.75) is 25.7 Å². The van der Waals surface area contributed by atoms with Crippen LogP contribution in [0.1, 0.15) is 36.1 Å². The molecule has 2 aliphatic carbocycles. The molecule has 0 spiro atoms. The van der Waals surface area contributed by atoms with Crippen molar-refractivity contribution >= 4 is 39.0 Å². The molecule has 55 heavy (non-hydrogen) atoms. The molecule has 260 valence electrons. The molecule has 3 nitrogen and oxygen atoms in total. The summed E-state index contributed by atoms with van der Waals surface area (Å²) in [6.07, 6.45) is 0.909. The highest BCUT2D eigenvalue weighted by molar-refractivity contribution is 5.97. The quantitative estimate of drug-likeness (QED) is 0.179. The molecule has 0 aliphatic heterocycles. The summed E-state index contributed by atoms with van der Waals surface area (Å²) in [5.74, 6) is 0.643. The minimum Gasteiger partial charge on any atom is -0.279 e. The number of nitrogens with zero attached hydrogens (tertiary/aromatic N) is 3. The number of benzene rings is 8. The Morgan fingerprint density at radius 3 is 1.95 bits per heavy atom. The molecule has 0 bridgehead atoms. The van der Waals surface area contributed by atoms with Crippen LogP contribution in [-0.2, 0) is 11.8 Å². The SMILES string of the molecule is CC1(C)c2ccccc2-c2ccc(N(c3ccc(-c4ccccc4)cc3)c3nc(-c4ccc5c(c4)Cc4cc6ccccc6cc4-5)c4ccccc4n3)cc21. The summed E-state index contributed by atoms with van der Waals surface area (Å²) in [4.78, 5) is 13.1. The lowest BCUT2D eigenvalue weighted by atomic mass is 9.82. The first-order chi connectivity index (χ1) is 27.0. The first-order valence-corrected chi connectivity index (χ1v) is 19.1. The smallest absolute Gasteiger partial charge is 0.235 e. The van der Waals surface area contributed by atoms with Crippen LogP contribution in [0.4, 0.5) is 17.3 Å². The molecule has 0 radical (unpaired) electrons. The fourth-order valence-corrected chi connectivity index (χ4v) is 9.07. The van der Waals surface area contributed by atoms with Crippen LogP contribution >= 0.6 is 0 Å². The number of fused-ring (bicyclic) bond motifs is 8. The molecule has 8 aromatic carbocycles. The van der Waals surface area contributed by atoms with E-state index in [1.807, 2.05) is 0 Å². The highest BCUT2D eigenvalue weighted by atomic mass is 15.3. The monoisotopic (exact) mass is 703 g/mol. The van der Waals surface area contributed by atoms with E-state index in [0.717, 1.165) is 40.0 Å². The molecule has 9 aromatic rings. The first-order valence-electron chi connectivity index (χ1n) is 19.1. The van der Waals surface area contributed by atoms with Gasteiger partial charge in [0.15, 0.2) is 0 Å². The summed E-state index contributed by atoms with van der Waals surface area (Å²) >= 11 is 0. The van der Waals surface area contributed by atoms with Gasteiger partial charge in [-0.05, 0) is 115 Å². The normalized spacial score (nSPS) is 13.3. The molecule has 3 heteroatoms. The molecule has 1 heterocycles. The third-order valence-electron chi connectivity index (χ3n) is 11.9.